The number of aryl methyl sites for hydroxylation is 1. The Morgan fingerprint density at radius 1 is 1.33 bits per heavy atom. The molecule has 21 heavy (non-hydrogen) atoms. The molecule has 2 rings (SSSR count). The number of nitrogens with two attached hydrogens (primary N) is 1. The van der Waals surface area contributed by atoms with Crippen molar-refractivity contribution < 1.29 is 9.72 Å². The van der Waals surface area contributed by atoms with Gasteiger partial charge in [-0.1, -0.05) is 6.07 Å². The highest BCUT2D eigenvalue weighted by atomic mass is 35.5. The third-order valence-corrected chi connectivity index (χ3v) is 3.78. The van der Waals surface area contributed by atoms with Crippen LogP contribution in [0.3, 0.4) is 0 Å². The zero-order valence-corrected chi connectivity index (χ0v) is 12.7. The van der Waals surface area contributed by atoms with Crippen LogP contribution in [0.1, 0.15) is 41.6 Å². The maximum atomic E-state index is 12.2. The van der Waals surface area contributed by atoms with Gasteiger partial charge in [0, 0.05) is 29.8 Å². The average Bonchev–Trinajstić information content (AvgIpc) is 2.41. The van der Waals surface area contributed by atoms with Crippen molar-refractivity contribution in [2.45, 2.75) is 44.7 Å². The molecule has 0 radical (unpaired) electrons. The maximum Gasteiger partial charge on any atom is 0.270 e. The molecular weight excluding hydrogens is 294 g/mol. The standard InChI is InChI=1S/C14H19N3O3.ClH/c1-9-2-7-12(17(19)20)8-13(9)14(18)16-11-5-3-10(15)4-6-11;/h2,7-8,10-11H,3-6,15H2,1H3,(H,16,18);1H. The van der Waals surface area contributed by atoms with E-state index < -0.39 is 4.92 Å². The summed E-state index contributed by atoms with van der Waals surface area (Å²) >= 11 is 0. The predicted octanol–water partition coefficient (Wildman–Crippen LogP) is 2.32. The Kier molecular flexibility index (Phi) is 6.11. The minimum absolute atomic E-state index is 0. The van der Waals surface area contributed by atoms with E-state index in [2.05, 4.69) is 5.32 Å². The third kappa shape index (κ3) is 4.41. The highest BCUT2D eigenvalue weighted by molar-refractivity contribution is 5.96. The van der Waals surface area contributed by atoms with Gasteiger partial charge in [0.1, 0.15) is 0 Å². The molecule has 1 aromatic rings. The highest BCUT2D eigenvalue weighted by Crippen LogP contribution is 2.20. The minimum atomic E-state index is -0.490. The van der Waals surface area contributed by atoms with Crippen molar-refractivity contribution in [3.8, 4) is 0 Å². The molecule has 1 fully saturated rings. The van der Waals surface area contributed by atoms with E-state index >= 15 is 0 Å². The van der Waals surface area contributed by atoms with E-state index in [-0.39, 0.29) is 36.1 Å². The number of carbonyl (C=O) groups excluding carboxylic acids is 1. The van der Waals surface area contributed by atoms with Gasteiger partial charge < -0.3 is 11.1 Å². The number of nitrogens with one attached hydrogen (secondary N) is 1. The van der Waals surface area contributed by atoms with Crippen molar-refractivity contribution in [1.82, 2.24) is 5.32 Å². The molecule has 1 aliphatic rings. The van der Waals surface area contributed by atoms with Crippen molar-refractivity contribution in [2.75, 3.05) is 0 Å². The Labute approximate surface area is 129 Å². The van der Waals surface area contributed by atoms with Crippen molar-refractivity contribution in [3.63, 3.8) is 0 Å². The van der Waals surface area contributed by atoms with Crippen molar-refractivity contribution in [2.24, 2.45) is 5.73 Å². The van der Waals surface area contributed by atoms with Crippen LogP contribution in [-0.2, 0) is 0 Å². The van der Waals surface area contributed by atoms with Crippen molar-refractivity contribution in [3.05, 3.63) is 39.4 Å². The summed E-state index contributed by atoms with van der Waals surface area (Å²) in [7, 11) is 0. The van der Waals surface area contributed by atoms with Gasteiger partial charge in [0.2, 0.25) is 0 Å². The molecule has 1 aliphatic carbocycles. The van der Waals surface area contributed by atoms with Crippen LogP contribution in [-0.4, -0.2) is 22.9 Å². The normalized spacial score (nSPS) is 21.2. The number of nitro groups is 1. The number of hydrogen-bond acceptors (Lipinski definition) is 4. The lowest BCUT2D eigenvalue weighted by Crippen LogP contribution is -2.40. The van der Waals surface area contributed by atoms with Crippen LogP contribution in [0.4, 0.5) is 5.69 Å². The van der Waals surface area contributed by atoms with Gasteiger partial charge in [-0.15, -0.1) is 12.4 Å². The number of rotatable bonds is 3. The Morgan fingerprint density at radius 2 is 1.95 bits per heavy atom. The molecule has 0 atom stereocenters. The van der Waals surface area contributed by atoms with E-state index in [0.29, 0.717) is 5.56 Å². The van der Waals surface area contributed by atoms with Gasteiger partial charge in [-0.2, -0.15) is 0 Å². The molecule has 0 aliphatic heterocycles. The van der Waals surface area contributed by atoms with Gasteiger partial charge in [0.05, 0.1) is 4.92 Å². The molecule has 1 amide bonds. The molecule has 0 unspecified atom stereocenters. The fourth-order valence-corrected chi connectivity index (χ4v) is 2.49. The number of halogens is 1. The first-order valence-electron chi connectivity index (χ1n) is 6.79. The first kappa shape index (κ1) is 17.4. The van der Waals surface area contributed by atoms with E-state index in [1.54, 1.807) is 13.0 Å². The summed E-state index contributed by atoms with van der Waals surface area (Å²) < 4.78 is 0. The van der Waals surface area contributed by atoms with Gasteiger partial charge in [-0.25, -0.2) is 0 Å². The molecule has 116 valence electrons. The van der Waals surface area contributed by atoms with E-state index in [0.717, 1.165) is 31.2 Å². The van der Waals surface area contributed by atoms with E-state index in [1.165, 1.54) is 12.1 Å². The third-order valence-electron chi connectivity index (χ3n) is 3.78. The molecular formula is C14H20ClN3O3. The maximum absolute atomic E-state index is 12.2. The number of amides is 1. The number of benzene rings is 1. The summed E-state index contributed by atoms with van der Waals surface area (Å²) in [6.45, 7) is 1.77. The first-order valence-corrected chi connectivity index (χ1v) is 6.79. The Bertz CT molecular complexity index is 528. The van der Waals surface area contributed by atoms with Gasteiger partial charge in [-0.05, 0) is 38.2 Å². The van der Waals surface area contributed by atoms with Crippen LogP contribution in [0.2, 0.25) is 0 Å². The number of nitro benzene ring substituents is 1. The summed E-state index contributed by atoms with van der Waals surface area (Å²) in [5.74, 6) is -0.244. The number of non-ortho nitro benzene ring substituents is 1. The fraction of sp³-hybridized carbons (Fsp3) is 0.500. The molecule has 0 spiro atoms. The van der Waals surface area contributed by atoms with Crippen molar-refractivity contribution in [1.29, 1.82) is 0 Å². The summed E-state index contributed by atoms with van der Waals surface area (Å²) in [6.07, 6.45) is 3.53. The number of nitrogens with zero attached hydrogens (tertiary/aromatic N) is 1. The number of carbonyl (C=O) groups is 1. The summed E-state index contributed by atoms with van der Waals surface area (Å²) in [5, 5.41) is 13.7. The fourth-order valence-electron chi connectivity index (χ4n) is 2.49. The van der Waals surface area contributed by atoms with E-state index in [9.17, 15) is 14.9 Å². The summed E-state index contributed by atoms with van der Waals surface area (Å²) in [6, 6.07) is 4.68. The van der Waals surface area contributed by atoms with Crippen LogP contribution < -0.4 is 11.1 Å². The first-order chi connectivity index (χ1) is 9.47. The van der Waals surface area contributed by atoms with Crippen LogP contribution in [0.15, 0.2) is 18.2 Å². The highest BCUT2D eigenvalue weighted by Gasteiger charge is 2.22. The lowest BCUT2D eigenvalue weighted by Gasteiger charge is -2.27. The second-order valence-electron chi connectivity index (χ2n) is 5.34. The van der Waals surface area contributed by atoms with Crippen LogP contribution in [0.25, 0.3) is 0 Å². The summed E-state index contributed by atoms with van der Waals surface area (Å²) in [4.78, 5) is 22.5. The van der Waals surface area contributed by atoms with Gasteiger partial charge in [-0.3, -0.25) is 14.9 Å². The molecule has 0 heterocycles. The monoisotopic (exact) mass is 313 g/mol. The second kappa shape index (κ2) is 7.38. The molecule has 3 N–H and O–H groups in total. The average molecular weight is 314 g/mol. The van der Waals surface area contributed by atoms with Gasteiger partial charge in [0.25, 0.3) is 11.6 Å². The minimum Gasteiger partial charge on any atom is -0.349 e. The molecule has 0 saturated heterocycles. The molecule has 0 bridgehead atoms. The molecule has 1 aromatic carbocycles. The molecule has 6 nitrogen and oxygen atoms in total. The Morgan fingerprint density at radius 3 is 2.52 bits per heavy atom. The number of hydrogen-bond donors (Lipinski definition) is 2. The summed E-state index contributed by atoms with van der Waals surface area (Å²) in [5.41, 5.74) is 6.87. The van der Waals surface area contributed by atoms with E-state index in [1.807, 2.05) is 0 Å². The van der Waals surface area contributed by atoms with Crippen LogP contribution in [0, 0.1) is 17.0 Å². The quantitative estimate of drug-likeness (QED) is 0.661. The second-order valence-corrected chi connectivity index (χ2v) is 5.34. The van der Waals surface area contributed by atoms with Crippen LogP contribution >= 0.6 is 12.4 Å². The molecule has 7 heteroatoms. The predicted molar refractivity (Wildman–Crippen MR) is 82.8 cm³/mol. The topological polar surface area (TPSA) is 98.3 Å². The largest absolute Gasteiger partial charge is 0.349 e. The zero-order chi connectivity index (χ0) is 14.7. The van der Waals surface area contributed by atoms with Crippen LogP contribution in [0.5, 0.6) is 0 Å². The molecule has 1 saturated carbocycles. The van der Waals surface area contributed by atoms with Crippen molar-refractivity contribution >= 4 is 24.0 Å². The van der Waals surface area contributed by atoms with Gasteiger partial charge >= 0.3 is 0 Å². The smallest absolute Gasteiger partial charge is 0.270 e. The zero-order valence-electron chi connectivity index (χ0n) is 11.9. The Hall–Kier alpha value is -1.66. The molecule has 0 aromatic heterocycles. The lowest BCUT2D eigenvalue weighted by molar-refractivity contribution is -0.384. The Balaban J connectivity index is 0.00000220. The van der Waals surface area contributed by atoms with E-state index in [4.69, 9.17) is 5.73 Å². The van der Waals surface area contributed by atoms with Gasteiger partial charge in [0.15, 0.2) is 0 Å². The lowest BCUT2D eigenvalue weighted by atomic mass is 9.91. The SMILES string of the molecule is Cc1ccc([N+](=O)[O-])cc1C(=O)NC1CCC(N)CC1.Cl.